The second-order valence-electron chi connectivity index (χ2n) is 5.07. The molecular weight excluding hydrogens is 254 g/mol. The molecule has 6 nitrogen and oxygen atoms in total. The van der Waals surface area contributed by atoms with E-state index in [1.165, 1.54) is 0 Å². The van der Waals surface area contributed by atoms with Gasteiger partial charge in [-0.1, -0.05) is 13.8 Å². The first kappa shape index (κ1) is 15.4. The van der Waals surface area contributed by atoms with Gasteiger partial charge in [-0.3, -0.25) is 4.79 Å². The molecule has 0 radical (unpaired) electrons. The Labute approximate surface area is 109 Å². The molecule has 4 N–H and O–H groups in total. The largest absolute Gasteiger partial charge is 0.355 e. The van der Waals surface area contributed by atoms with Gasteiger partial charge < -0.3 is 11.1 Å². The Balaban J connectivity index is 2.38. The van der Waals surface area contributed by atoms with Crippen LogP contribution in [0.5, 0.6) is 0 Å². The number of sulfonamides is 1. The number of amides is 1. The van der Waals surface area contributed by atoms with Crippen LogP contribution in [0.1, 0.15) is 26.7 Å². The number of carbonyl (C=O) groups is 1. The summed E-state index contributed by atoms with van der Waals surface area (Å²) in [7, 11) is -3.27. The van der Waals surface area contributed by atoms with Gasteiger partial charge in [0.25, 0.3) is 0 Å². The number of hydrogen-bond donors (Lipinski definition) is 3. The highest BCUT2D eigenvalue weighted by atomic mass is 32.2. The van der Waals surface area contributed by atoms with Gasteiger partial charge in [-0.2, -0.15) is 0 Å². The maximum Gasteiger partial charge on any atom is 0.227 e. The summed E-state index contributed by atoms with van der Waals surface area (Å²) in [6.07, 6.45) is 1.57. The predicted octanol–water partition coefficient (Wildman–Crippen LogP) is -0.583. The van der Waals surface area contributed by atoms with Crippen LogP contribution in [0.2, 0.25) is 0 Å². The molecule has 0 heterocycles. The fourth-order valence-corrected chi connectivity index (χ4v) is 3.45. The highest BCUT2D eigenvalue weighted by molar-refractivity contribution is 7.89. The van der Waals surface area contributed by atoms with E-state index in [0.29, 0.717) is 19.0 Å². The molecule has 0 spiro atoms. The van der Waals surface area contributed by atoms with E-state index in [0.717, 1.165) is 12.8 Å². The van der Waals surface area contributed by atoms with Crippen molar-refractivity contribution in [3.63, 3.8) is 0 Å². The molecular formula is C11H23N3O3S. The van der Waals surface area contributed by atoms with Crippen LogP contribution in [-0.4, -0.2) is 39.7 Å². The molecule has 0 saturated heterocycles. The van der Waals surface area contributed by atoms with Gasteiger partial charge in [-0.25, -0.2) is 13.1 Å². The van der Waals surface area contributed by atoms with Gasteiger partial charge in [0.1, 0.15) is 0 Å². The Morgan fingerprint density at radius 3 is 2.50 bits per heavy atom. The number of nitrogens with one attached hydrogen (secondary N) is 2. The summed E-state index contributed by atoms with van der Waals surface area (Å²) in [5, 5.41) is 2.67. The fraction of sp³-hybridized carbons (Fsp3) is 0.909. The molecule has 0 unspecified atom stereocenters. The third-order valence-electron chi connectivity index (χ3n) is 3.37. The van der Waals surface area contributed by atoms with Crippen LogP contribution in [0.4, 0.5) is 0 Å². The lowest BCUT2D eigenvalue weighted by molar-refractivity contribution is -0.137. The van der Waals surface area contributed by atoms with Crippen molar-refractivity contribution >= 4 is 15.9 Å². The van der Waals surface area contributed by atoms with E-state index in [1.807, 2.05) is 0 Å². The van der Waals surface area contributed by atoms with Crippen LogP contribution < -0.4 is 15.8 Å². The number of hydrogen-bond acceptors (Lipinski definition) is 4. The molecule has 0 aromatic rings. The Kier molecular flexibility index (Phi) is 5.12. The van der Waals surface area contributed by atoms with Crippen molar-refractivity contribution in [2.45, 2.75) is 26.7 Å². The summed E-state index contributed by atoms with van der Waals surface area (Å²) in [6, 6.07) is 0. The van der Waals surface area contributed by atoms with Crippen molar-refractivity contribution in [3.8, 4) is 0 Å². The number of rotatable bonds is 7. The van der Waals surface area contributed by atoms with Crippen LogP contribution in [0, 0.1) is 11.3 Å². The normalized spacial score (nSPS) is 27.6. The van der Waals surface area contributed by atoms with Gasteiger partial charge in [0.2, 0.25) is 15.9 Å². The zero-order valence-electron chi connectivity index (χ0n) is 11.0. The van der Waals surface area contributed by atoms with Crippen molar-refractivity contribution in [3.05, 3.63) is 0 Å². The molecule has 1 aliphatic rings. The maximum atomic E-state index is 12.0. The van der Waals surface area contributed by atoms with Gasteiger partial charge in [-0.05, 0) is 18.8 Å². The molecule has 0 aromatic heterocycles. The summed E-state index contributed by atoms with van der Waals surface area (Å²) >= 11 is 0. The Morgan fingerprint density at radius 2 is 2.06 bits per heavy atom. The zero-order chi connectivity index (χ0) is 13.8. The summed E-state index contributed by atoms with van der Waals surface area (Å²) in [5.74, 6) is 0.308. The van der Waals surface area contributed by atoms with E-state index in [9.17, 15) is 13.2 Å². The molecule has 1 saturated carbocycles. The van der Waals surface area contributed by atoms with Crippen molar-refractivity contribution in [2.24, 2.45) is 17.1 Å². The second-order valence-corrected chi connectivity index (χ2v) is 7.00. The van der Waals surface area contributed by atoms with Crippen LogP contribution in [0.3, 0.4) is 0 Å². The quantitative estimate of drug-likeness (QED) is 0.579. The molecule has 18 heavy (non-hydrogen) atoms. The van der Waals surface area contributed by atoms with Crippen molar-refractivity contribution in [2.75, 3.05) is 25.4 Å². The van der Waals surface area contributed by atoms with Crippen molar-refractivity contribution < 1.29 is 13.2 Å². The monoisotopic (exact) mass is 277 g/mol. The molecule has 1 rings (SSSR count). The Bertz CT molecular complexity index is 388. The van der Waals surface area contributed by atoms with Gasteiger partial charge in [0, 0.05) is 19.6 Å². The molecule has 1 aliphatic carbocycles. The average Bonchev–Trinajstić information content (AvgIpc) is 2.23. The first-order chi connectivity index (χ1) is 8.35. The van der Waals surface area contributed by atoms with Crippen molar-refractivity contribution in [1.82, 2.24) is 10.0 Å². The summed E-state index contributed by atoms with van der Waals surface area (Å²) < 4.78 is 25.1. The molecule has 0 aromatic carbocycles. The minimum atomic E-state index is -3.27. The zero-order valence-corrected chi connectivity index (χ0v) is 11.8. The van der Waals surface area contributed by atoms with E-state index in [-0.39, 0.29) is 18.2 Å². The Morgan fingerprint density at radius 1 is 1.44 bits per heavy atom. The third-order valence-corrected chi connectivity index (χ3v) is 4.84. The number of carbonyl (C=O) groups excluding carboxylic acids is 1. The van der Waals surface area contributed by atoms with Crippen molar-refractivity contribution in [1.29, 1.82) is 0 Å². The van der Waals surface area contributed by atoms with Gasteiger partial charge >= 0.3 is 0 Å². The van der Waals surface area contributed by atoms with E-state index in [4.69, 9.17) is 5.73 Å². The third kappa shape index (κ3) is 3.66. The van der Waals surface area contributed by atoms with E-state index in [2.05, 4.69) is 17.0 Å². The molecule has 0 atom stereocenters. The van der Waals surface area contributed by atoms with Gasteiger partial charge in [0.05, 0.1) is 11.2 Å². The maximum absolute atomic E-state index is 12.0. The summed E-state index contributed by atoms with van der Waals surface area (Å²) in [5.41, 5.74) is 5.17. The van der Waals surface area contributed by atoms with Crippen LogP contribution in [0.25, 0.3) is 0 Å². The lowest BCUT2D eigenvalue weighted by atomic mass is 9.62. The minimum Gasteiger partial charge on any atom is -0.355 e. The topological polar surface area (TPSA) is 101 Å². The minimum absolute atomic E-state index is 0.0945. The summed E-state index contributed by atoms with van der Waals surface area (Å²) in [6.45, 7) is 4.61. The average molecular weight is 277 g/mol. The molecule has 0 bridgehead atoms. The summed E-state index contributed by atoms with van der Waals surface area (Å²) in [4.78, 5) is 12.0. The SMILES string of the molecule is CCNS(=O)(=O)CCNC(=O)C1(CN)CC(C)C1. The van der Waals surface area contributed by atoms with Crippen LogP contribution >= 0.6 is 0 Å². The molecule has 1 amide bonds. The smallest absolute Gasteiger partial charge is 0.227 e. The van der Waals surface area contributed by atoms with Crippen LogP contribution in [0.15, 0.2) is 0 Å². The van der Waals surface area contributed by atoms with E-state index < -0.39 is 15.4 Å². The fourth-order valence-electron chi connectivity index (χ4n) is 2.50. The molecule has 7 heteroatoms. The first-order valence-electron chi connectivity index (χ1n) is 6.31. The first-order valence-corrected chi connectivity index (χ1v) is 7.96. The predicted molar refractivity (Wildman–Crippen MR) is 70.4 cm³/mol. The standard InChI is InChI=1S/C11H23N3O3S/c1-3-14-18(16,17)5-4-13-10(15)11(8-12)6-9(2)7-11/h9,14H,3-8,12H2,1-2H3,(H,13,15). The molecule has 1 fully saturated rings. The lowest BCUT2D eigenvalue weighted by Crippen LogP contribution is -2.54. The van der Waals surface area contributed by atoms with Gasteiger partial charge in [0.15, 0.2) is 0 Å². The highest BCUT2D eigenvalue weighted by Crippen LogP contribution is 2.44. The molecule has 106 valence electrons. The highest BCUT2D eigenvalue weighted by Gasteiger charge is 2.46. The number of nitrogens with two attached hydrogens (primary N) is 1. The second kappa shape index (κ2) is 5.99. The Hall–Kier alpha value is -0.660. The molecule has 0 aliphatic heterocycles. The van der Waals surface area contributed by atoms with E-state index >= 15 is 0 Å². The lowest BCUT2D eigenvalue weighted by Gasteiger charge is -2.44. The van der Waals surface area contributed by atoms with Crippen LogP contribution in [-0.2, 0) is 14.8 Å². The van der Waals surface area contributed by atoms with E-state index in [1.54, 1.807) is 6.92 Å². The van der Waals surface area contributed by atoms with Gasteiger partial charge in [-0.15, -0.1) is 0 Å².